The summed E-state index contributed by atoms with van der Waals surface area (Å²) in [5, 5.41) is 10.9. The Morgan fingerprint density at radius 3 is 2.26 bits per heavy atom. The Labute approximate surface area is 108 Å². The Kier molecular flexibility index (Phi) is 4.63. The number of halogens is 3. The number of anilines is 1. The van der Waals surface area contributed by atoms with Crippen LogP contribution in [0.1, 0.15) is 13.3 Å². The molecule has 106 valence electrons. The summed E-state index contributed by atoms with van der Waals surface area (Å²) in [5.41, 5.74) is 0.463. The number of carboxylic acids is 1. The molecule has 0 spiro atoms. The van der Waals surface area contributed by atoms with Gasteiger partial charge in [0.05, 0.1) is 12.0 Å². The van der Waals surface area contributed by atoms with Crippen LogP contribution in [0.15, 0.2) is 24.3 Å². The number of rotatable bonds is 5. The van der Waals surface area contributed by atoms with E-state index < -0.39 is 18.4 Å². The minimum Gasteiger partial charge on any atom is -0.548 e. The van der Waals surface area contributed by atoms with Crippen molar-refractivity contribution in [2.75, 3.05) is 11.9 Å². The third kappa shape index (κ3) is 4.35. The lowest BCUT2D eigenvalue weighted by atomic mass is 10.1. The van der Waals surface area contributed by atoms with Crippen LogP contribution in [0.2, 0.25) is 0 Å². The lowest BCUT2D eigenvalue weighted by molar-refractivity contribution is -0.307. The van der Waals surface area contributed by atoms with E-state index in [1.165, 1.54) is 24.1 Å². The standard InChI is InChI=1S/C12H14F3NO3/c1-3-10(11(17)18)16(2)8-4-6-9(7-5-8)19-12(13,14)15/h4-7,10H,3H2,1-2H3,(H,17,18)/p-1. The quantitative estimate of drug-likeness (QED) is 0.818. The summed E-state index contributed by atoms with van der Waals surface area (Å²) in [6.45, 7) is 1.68. The maximum atomic E-state index is 12.0. The van der Waals surface area contributed by atoms with Crippen molar-refractivity contribution in [1.82, 2.24) is 0 Å². The van der Waals surface area contributed by atoms with E-state index in [9.17, 15) is 23.1 Å². The lowest BCUT2D eigenvalue weighted by Crippen LogP contribution is -2.46. The summed E-state index contributed by atoms with van der Waals surface area (Å²) in [7, 11) is 1.53. The van der Waals surface area contributed by atoms with Crippen molar-refractivity contribution in [3.63, 3.8) is 0 Å². The highest BCUT2D eigenvalue weighted by Crippen LogP contribution is 2.25. The topological polar surface area (TPSA) is 52.6 Å². The normalized spacial score (nSPS) is 12.9. The second-order valence-corrected chi connectivity index (χ2v) is 3.90. The maximum absolute atomic E-state index is 12.0. The van der Waals surface area contributed by atoms with E-state index in [1.54, 1.807) is 6.92 Å². The van der Waals surface area contributed by atoms with Gasteiger partial charge in [-0.3, -0.25) is 0 Å². The second kappa shape index (κ2) is 5.81. The molecule has 19 heavy (non-hydrogen) atoms. The van der Waals surface area contributed by atoms with Gasteiger partial charge in [0, 0.05) is 12.7 Å². The van der Waals surface area contributed by atoms with Crippen molar-refractivity contribution in [3.8, 4) is 5.75 Å². The number of ether oxygens (including phenoxy) is 1. The first-order chi connectivity index (χ1) is 8.74. The molecule has 1 aromatic rings. The van der Waals surface area contributed by atoms with Crippen LogP contribution in [0.3, 0.4) is 0 Å². The summed E-state index contributed by atoms with van der Waals surface area (Å²) in [6, 6.07) is 4.12. The van der Waals surface area contributed by atoms with Gasteiger partial charge in [-0.25, -0.2) is 0 Å². The lowest BCUT2D eigenvalue weighted by Gasteiger charge is -2.30. The molecule has 0 amide bonds. The van der Waals surface area contributed by atoms with Crippen molar-refractivity contribution in [1.29, 1.82) is 0 Å². The predicted octanol–water partition coefficient (Wildman–Crippen LogP) is 1.55. The van der Waals surface area contributed by atoms with E-state index in [0.29, 0.717) is 12.1 Å². The summed E-state index contributed by atoms with van der Waals surface area (Å²) in [5.74, 6) is -1.59. The average Bonchev–Trinajstić information content (AvgIpc) is 2.28. The molecule has 0 aromatic heterocycles. The van der Waals surface area contributed by atoms with Crippen LogP contribution in [0, 0.1) is 0 Å². The molecule has 0 N–H and O–H groups in total. The van der Waals surface area contributed by atoms with E-state index in [0.717, 1.165) is 12.1 Å². The Morgan fingerprint density at radius 1 is 1.37 bits per heavy atom. The fourth-order valence-electron chi connectivity index (χ4n) is 1.66. The van der Waals surface area contributed by atoms with Crippen LogP contribution in [0.4, 0.5) is 18.9 Å². The van der Waals surface area contributed by atoms with Gasteiger partial charge in [-0.15, -0.1) is 13.2 Å². The van der Waals surface area contributed by atoms with E-state index in [-0.39, 0.29) is 5.75 Å². The highest BCUT2D eigenvalue weighted by atomic mass is 19.4. The number of benzene rings is 1. The molecular weight excluding hydrogens is 263 g/mol. The fraction of sp³-hybridized carbons (Fsp3) is 0.417. The first-order valence-electron chi connectivity index (χ1n) is 5.54. The zero-order valence-corrected chi connectivity index (χ0v) is 10.4. The predicted molar refractivity (Wildman–Crippen MR) is 60.6 cm³/mol. The van der Waals surface area contributed by atoms with Gasteiger partial charge in [-0.1, -0.05) is 6.92 Å². The molecule has 1 unspecified atom stereocenters. The number of nitrogens with zero attached hydrogens (tertiary/aromatic N) is 1. The molecule has 0 fully saturated rings. The molecule has 0 heterocycles. The molecule has 7 heteroatoms. The monoisotopic (exact) mass is 276 g/mol. The van der Waals surface area contributed by atoms with Gasteiger partial charge < -0.3 is 19.5 Å². The molecule has 1 rings (SSSR count). The van der Waals surface area contributed by atoms with Crippen molar-refractivity contribution in [3.05, 3.63) is 24.3 Å². The summed E-state index contributed by atoms with van der Waals surface area (Å²) in [6.07, 6.45) is -4.43. The van der Waals surface area contributed by atoms with Gasteiger partial charge in [-0.05, 0) is 30.7 Å². The van der Waals surface area contributed by atoms with E-state index in [4.69, 9.17) is 0 Å². The molecule has 0 saturated carbocycles. The number of carboxylic acid groups (broad SMARTS) is 1. The number of carbonyl (C=O) groups is 1. The Balaban J connectivity index is 2.83. The highest BCUT2D eigenvalue weighted by molar-refractivity contribution is 5.76. The minimum atomic E-state index is -4.75. The van der Waals surface area contributed by atoms with Gasteiger partial charge in [0.1, 0.15) is 5.75 Å². The molecule has 0 bridgehead atoms. The summed E-state index contributed by atoms with van der Waals surface area (Å²) in [4.78, 5) is 12.3. The zero-order chi connectivity index (χ0) is 14.6. The first kappa shape index (κ1) is 15.1. The van der Waals surface area contributed by atoms with Gasteiger partial charge in [0.2, 0.25) is 0 Å². The molecule has 0 aliphatic heterocycles. The van der Waals surface area contributed by atoms with E-state index in [1.807, 2.05) is 0 Å². The van der Waals surface area contributed by atoms with Crippen molar-refractivity contribution in [2.45, 2.75) is 25.7 Å². The Hall–Kier alpha value is -1.92. The third-order valence-electron chi connectivity index (χ3n) is 2.60. The van der Waals surface area contributed by atoms with Crippen molar-refractivity contribution in [2.24, 2.45) is 0 Å². The van der Waals surface area contributed by atoms with Gasteiger partial charge in [0.15, 0.2) is 0 Å². The zero-order valence-electron chi connectivity index (χ0n) is 10.4. The van der Waals surface area contributed by atoms with Gasteiger partial charge in [-0.2, -0.15) is 0 Å². The van der Waals surface area contributed by atoms with Gasteiger partial charge >= 0.3 is 6.36 Å². The summed E-state index contributed by atoms with van der Waals surface area (Å²) >= 11 is 0. The SMILES string of the molecule is CCC(C(=O)[O-])N(C)c1ccc(OC(F)(F)F)cc1. The molecule has 0 radical (unpaired) electrons. The Morgan fingerprint density at radius 2 is 1.89 bits per heavy atom. The number of carbonyl (C=O) groups excluding carboxylic acids is 1. The number of hydrogen-bond donors (Lipinski definition) is 0. The molecule has 0 saturated heterocycles. The first-order valence-corrected chi connectivity index (χ1v) is 5.54. The van der Waals surface area contributed by atoms with E-state index >= 15 is 0 Å². The van der Waals surface area contributed by atoms with Crippen LogP contribution in [0.25, 0.3) is 0 Å². The largest absolute Gasteiger partial charge is 0.573 e. The summed E-state index contributed by atoms with van der Waals surface area (Å²) < 4.78 is 39.6. The molecule has 0 aliphatic carbocycles. The molecule has 1 atom stereocenters. The average molecular weight is 276 g/mol. The van der Waals surface area contributed by atoms with Gasteiger partial charge in [0.25, 0.3) is 0 Å². The highest BCUT2D eigenvalue weighted by Gasteiger charge is 2.31. The van der Waals surface area contributed by atoms with Crippen LogP contribution < -0.4 is 14.7 Å². The number of likely N-dealkylation sites (N-methyl/N-ethyl adjacent to an activating group) is 1. The van der Waals surface area contributed by atoms with Crippen LogP contribution in [-0.4, -0.2) is 25.4 Å². The van der Waals surface area contributed by atoms with Crippen molar-refractivity contribution >= 4 is 11.7 Å². The smallest absolute Gasteiger partial charge is 0.548 e. The van der Waals surface area contributed by atoms with Crippen LogP contribution in [0.5, 0.6) is 5.75 Å². The van der Waals surface area contributed by atoms with Crippen LogP contribution >= 0.6 is 0 Å². The molecule has 1 aromatic carbocycles. The minimum absolute atomic E-state index is 0.319. The third-order valence-corrected chi connectivity index (χ3v) is 2.60. The number of alkyl halides is 3. The second-order valence-electron chi connectivity index (χ2n) is 3.90. The molecule has 0 aliphatic rings. The maximum Gasteiger partial charge on any atom is 0.573 e. The molecular formula is C12H13F3NO3-. The van der Waals surface area contributed by atoms with E-state index in [2.05, 4.69) is 4.74 Å². The fourth-order valence-corrected chi connectivity index (χ4v) is 1.66. The van der Waals surface area contributed by atoms with Crippen LogP contribution in [-0.2, 0) is 4.79 Å². The number of hydrogen-bond acceptors (Lipinski definition) is 4. The Bertz CT molecular complexity index is 431. The van der Waals surface area contributed by atoms with Crippen molar-refractivity contribution < 1.29 is 27.8 Å². The number of aliphatic carboxylic acids is 1. The molecule has 4 nitrogen and oxygen atoms in total.